The fourth-order valence-electron chi connectivity index (χ4n) is 1.67. The second-order valence-electron chi connectivity index (χ2n) is 3.94. The van der Waals surface area contributed by atoms with Crippen LogP contribution in [0.15, 0.2) is 22.7 Å². The average molecular weight is 297 g/mol. The molecule has 5 nitrogen and oxygen atoms in total. The van der Waals surface area contributed by atoms with Gasteiger partial charge in [0.25, 0.3) is 0 Å². The van der Waals surface area contributed by atoms with Crippen LogP contribution in [0.4, 0.5) is 5.69 Å². The number of nitrogens with two attached hydrogens (primary N) is 1. The first-order valence-corrected chi connectivity index (χ1v) is 6.48. The van der Waals surface area contributed by atoms with Crippen LogP contribution in [-0.4, -0.2) is 21.7 Å². The zero-order chi connectivity index (χ0) is 13.8. The third-order valence-electron chi connectivity index (χ3n) is 2.48. The van der Waals surface area contributed by atoms with E-state index < -0.39 is 0 Å². The minimum atomic E-state index is 0.265. The summed E-state index contributed by atoms with van der Waals surface area (Å²) in [4.78, 5) is 4.39. The van der Waals surface area contributed by atoms with E-state index in [0.717, 1.165) is 5.69 Å². The molecule has 0 radical (unpaired) electrons. The first-order valence-electron chi connectivity index (χ1n) is 5.69. The summed E-state index contributed by atoms with van der Waals surface area (Å²) < 4.78 is 5.03. The lowest BCUT2D eigenvalue weighted by Gasteiger charge is -2.11. The zero-order valence-electron chi connectivity index (χ0n) is 10.3. The quantitative estimate of drug-likeness (QED) is 0.825. The van der Waals surface area contributed by atoms with Gasteiger partial charge in [-0.15, -0.1) is 0 Å². The Morgan fingerprint density at radius 3 is 2.95 bits per heavy atom. The van der Waals surface area contributed by atoms with Gasteiger partial charge < -0.3 is 15.6 Å². The van der Waals surface area contributed by atoms with Crippen molar-refractivity contribution < 1.29 is 4.52 Å². The highest BCUT2D eigenvalue weighted by Gasteiger charge is 2.09. The SMILES string of the molecule is Cc1noc(CCNc2cccc(Cl)c2C(N)=S)n1. The highest BCUT2D eigenvalue weighted by molar-refractivity contribution is 7.80. The van der Waals surface area contributed by atoms with Crippen molar-refractivity contribution in [2.45, 2.75) is 13.3 Å². The van der Waals surface area contributed by atoms with Gasteiger partial charge in [0.1, 0.15) is 4.99 Å². The predicted octanol–water partition coefficient (Wildman–Crippen LogP) is 2.32. The van der Waals surface area contributed by atoms with Gasteiger partial charge in [-0.1, -0.05) is 35.0 Å². The molecule has 0 saturated carbocycles. The molecular weight excluding hydrogens is 284 g/mol. The Kier molecular flexibility index (Phi) is 4.34. The van der Waals surface area contributed by atoms with Gasteiger partial charge in [0.15, 0.2) is 5.82 Å². The number of aryl methyl sites for hydroxylation is 1. The maximum absolute atomic E-state index is 6.08. The summed E-state index contributed by atoms with van der Waals surface area (Å²) in [6, 6.07) is 5.46. The third-order valence-corrected chi connectivity index (χ3v) is 3.00. The predicted molar refractivity (Wildman–Crippen MR) is 78.6 cm³/mol. The van der Waals surface area contributed by atoms with Gasteiger partial charge >= 0.3 is 0 Å². The monoisotopic (exact) mass is 296 g/mol. The molecule has 0 aliphatic rings. The van der Waals surface area contributed by atoms with Crippen LogP contribution in [0.1, 0.15) is 17.3 Å². The molecule has 7 heteroatoms. The molecule has 0 aliphatic carbocycles. The maximum Gasteiger partial charge on any atom is 0.228 e. The van der Waals surface area contributed by atoms with Crippen LogP contribution in [0.2, 0.25) is 5.02 Å². The van der Waals surface area contributed by atoms with Gasteiger partial charge in [-0.3, -0.25) is 0 Å². The van der Waals surface area contributed by atoms with Gasteiger partial charge in [-0.2, -0.15) is 4.98 Å². The molecule has 0 spiro atoms. The fourth-order valence-corrected chi connectivity index (χ4v) is 2.22. The molecule has 0 bridgehead atoms. The van der Waals surface area contributed by atoms with E-state index in [0.29, 0.717) is 35.3 Å². The number of halogens is 1. The van der Waals surface area contributed by atoms with E-state index in [9.17, 15) is 0 Å². The topological polar surface area (TPSA) is 77.0 Å². The largest absolute Gasteiger partial charge is 0.389 e. The van der Waals surface area contributed by atoms with Crippen molar-refractivity contribution in [2.24, 2.45) is 5.73 Å². The normalized spacial score (nSPS) is 10.4. The second-order valence-corrected chi connectivity index (χ2v) is 4.79. The summed E-state index contributed by atoms with van der Waals surface area (Å²) in [7, 11) is 0. The summed E-state index contributed by atoms with van der Waals surface area (Å²) in [6.07, 6.45) is 0.615. The molecular formula is C12H13ClN4OS. The Morgan fingerprint density at radius 1 is 1.53 bits per heavy atom. The van der Waals surface area contributed by atoms with Gasteiger partial charge in [0, 0.05) is 18.7 Å². The lowest BCUT2D eigenvalue weighted by atomic mass is 10.1. The van der Waals surface area contributed by atoms with Crippen LogP contribution in [0, 0.1) is 6.92 Å². The number of anilines is 1. The van der Waals surface area contributed by atoms with E-state index in [1.54, 1.807) is 13.0 Å². The number of thiocarbonyl (C=S) groups is 1. The van der Waals surface area contributed by atoms with Gasteiger partial charge in [0.05, 0.1) is 10.6 Å². The lowest BCUT2D eigenvalue weighted by Crippen LogP contribution is -2.15. The van der Waals surface area contributed by atoms with Gasteiger partial charge in [-0.25, -0.2) is 0 Å². The van der Waals surface area contributed by atoms with Crippen LogP contribution in [0.5, 0.6) is 0 Å². The van der Waals surface area contributed by atoms with Crippen LogP contribution >= 0.6 is 23.8 Å². The number of aromatic nitrogens is 2. The highest BCUT2D eigenvalue weighted by Crippen LogP contribution is 2.24. The molecule has 1 aromatic heterocycles. The molecule has 0 atom stereocenters. The van der Waals surface area contributed by atoms with Crippen LogP contribution in [-0.2, 0) is 6.42 Å². The summed E-state index contributed by atoms with van der Waals surface area (Å²) in [6.45, 7) is 2.40. The summed E-state index contributed by atoms with van der Waals surface area (Å²) in [5.41, 5.74) is 7.12. The molecule has 2 rings (SSSR count). The summed E-state index contributed by atoms with van der Waals surface area (Å²) in [5.74, 6) is 1.21. The van der Waals surface area contributed by atoms with Crippen molar-refractivity contribution >= 4 is 34.5 Å². The van der Waals surface area contributed by atoms with Gasteiger partial charge in [-0.05, 0) is 19.1 Å². The standard InChI is InChI=1S/C12H13ClN4OS/c1-7-16-10(18-17-7)5-6-15-9-4-2-3-8(13)11(9)12(14)19/h2-4,15H,5-6H2,1H3,(H2,14,19). The van der Waals surface area contributed by atoms with E-state index in [4.69, 9.17) is 34.1 Å². The lowest BCUT2D eigenvalue weighted by molar-refractivity contribution is 0.377. The van der Waals surface area contributed by atoms with Crippen LogP contribution in [0.3, 0.4) is 0 Å². The molecule has 0 saturated heterocycles. The summed E-state index contributed by atoms with van der Waals surface area (Å²) >= 11 is 11.1. The maximum atomic E-state index is 6.08. The Bertz CT molecular complexity index is 599. The van der Waals surface area contributed by atoms with Crippen LogP contribution in [0.25, 0.3) is 0 Å². The zero-order valence-corrected chi connectivity index (χ0v) is 11.9. The Balaban J connectivity index is 2.03. The molecule has 0 fully saturated rings. The van der Waals surface area contributed by atoms with Crippen LogP contribution < -0.4 is 11.1 Å². The molecule has 2 aromatic rings. The van der Waals surface area contributed by atoms with Crippen molar-refractivity contribution in [1.82, 2.24) is 10.1 Å². The third kappa shape index (κ3) is 3.42. The Labute approximate surface area is 121 Å². The summed E-state index contributed by atoms with van der Waals surface area (Å²) in [5, 5.41) is 7.47. The first-order chi connectivity index (χ1) is 9.08. The highest BCUT2D eigenvalue weighted by atomic mass is 35.5. The number of benzene rings is 1. The molecule has 0 aliphatic heterocycles. The van der Waals surface area contributed by atoms with Crippen molar-refractivity contribution in [1.29, 1.82) is 0 Å². The number of hydrogen-bond acceptors (Lipinski definition) is 5. The average Bonchev–Trinajstić information content (AvgIpc) is 2.74. The molecule has 0 amide bonds. The number of nitrogens with one attached hydrogen (secondary N) is 1. The van der Waals surface area contributed by atoms with Gasteiger partial charge in [0.2, 0.25) is 5.89 Å². The van der Waals surface area contributed by atoms with E-state index in [1.807, 2.05) is 12.1 Å². The molecule has 3 N–H and O–H groups in total. The minimum Gasteiger partial charge on any atom is -0.389 e. The first kappa shape index (κ1) is 13.8. The second kappa shape index (κ2) is 5.99. The molecule has 19 heavy (non-hydrogen) atoms. The number of hydrogen-bond donors (Lipinski definition) is 2. The molecule has 1 heterocycles. The van der Waals surface area contributed by atoms with E-state index >= 15 is 0 Å². The fraction of sp³-hybridized carbons (Fsp3) is 0.250. The Morgan fingerprint density at radius 2 is 2.32 bits per heavy atom. The van der Waals surface area contributed by atoms with Crippen molar-refractivity contribution in [2.75, 3.05) is 11.9 Å². The smallest absolute Gasteiger partial charge is 0.228 e. The molecule has 1 aromatic carbocycles. The van der Waals surface area contributed by atoms with Crippen molar-refractivity contribution in [3.63, 3.8) is 0 Å². The molecule has 0 unspecified atom stereocenters. The molecule has 100 valence electrons. The minimum absolute atomic E-state index is 0.265. The van der Waals surface area contributed by atoms with Crippen molar-refractivity contribution in [3.05, 3.63) is 40.5 Å². The van der Waals surface area contributed by atoms with E-state index in [1.165, 1.54) is 0 Å². The number of rotatable bonds is 5. The Hall–Kier alpha value is -1.66. The van der Waals surface area contributed by atoms with E-state index in [-0.39, 0.29) is 4.99 Å². The number of nitrogens with zero attached hydrogens (tertiary/aromatic N) is 2. The van der Waals surface area contributed by atoms with Crippen molar-refractivity contribution in [3.8, 4) is 0 Å². The van der Waals surface area contributed by atoms with E-state index in [2.05, 4.69) is 15.5 Å².